The molecule has 128 valence electrons. The lowest BCUT2D eigenvalue weighted by molar-refractivity contribution is -0.189. The highest BCUT2D eigenvalue weighted by molar-refractivity contribution is 6.30. The van der Waals surface area contributed by atoms with Crippen molar-refractivity contribution >= 4 is 23.4 Å². The Hall–Kier alpha value is -2.48. The van der Waals surface area contributed by atoms with Crippen molar-refractivity contribution in [2.75, 3.05) is 5.32 Å². The Bertz CT molecular complexity index is 736. The Morgan fingerprint density at radius 3 is 2.50 bits per heavy atom. The number of rotatable bonds is 4. The molecule has 1 atom stereocenters. The average Bonchev–Trinajstić information content (AvgIpc) is 2.48. The van der Waals surface area contributed by atoms with Crippen LogP contribution in [0.3, 0.4) is 0 Å². The molecule has 0 spiro atoms. The monoisotopic (exact) mass is 360 g/mol. The standard InChI is InChI=1S/C15H12ClF3N2O3/c1-8(15(17,18)19)24-13-12(9-2-4-10(16)5-3-9)6-11(7-20-13)21-14(22)23/h2-8,21H,1H3,(H,22,23)/t8-/m0/s1. The van der Waals surface area contributed by atoms with E-state index in [0.29, 0.717) is 10.6 Å². The maximum absolute atomic E-state index is 12.7. The number of hydrogen-bond acceptors (Lipinski definition) is 3. The normalized spacial score (nSPS) is 12.5. The Kier molecular flexibility index (Phi) is 5.18. The van der Waals surface area contributed by atoms with Crippen LogP contribution < -0.4 is 10.1 Å². The van der Waals surface area contributed by atoms with Gasteiger partial charge >= 0.3 is 12.3 Å². The van der Waals surface area contributed by atoms with Crippen LogP contribution >= 0.6 is 11.6 Å². The van der Waals surface area contributed by atoms with Crippen molar-refractivity contribution in [3.63, 3.8) is 0 Å². The van der Waals surface area contributed by atoms with Crippen LogP contribution in [-0.2, 0) is 0 Å². The van der Waals surface area contributed by atoms with Gasteiger partial charge < -0.3 is 9.84 Å². The minimum absolute atomic E-state index is 0.0967. The Labute approximate surface area is 140 Å². The maximum atomic E-state index is 12.7. The predicted molar refractivity (Wildman–Crippen MR) is 82.5 cm³/mol. The second kappa shape index (κ2) is 6.96. The zero-order valence-electron chi connectivity index (χ0n) is 12.3. The molecule has 1 amide bonds. The molecule has 5 nitrogen and oxygen atoms in total. The van der Waals surface area contributed by atoms with Crippen molar-refractivity contribution in [3.05, 3.63) is 41.6 Å². The van der Waals surface area contributed by atoms with Crippen molar-refractivity contribution in [1.82, 2.24) is 4.98 Å². The SMILES string of the molecule is C[C@H](Oc1ncc(NC(=O)O)cc1-c1ccc(Cl)cc1)C(F)(F)F. The molecule has 0 fully saturated rings. The van der Waals surface area contributed by atoms with Gasteiger partial charge in [-0.2, -0.15) is 13.2 Å². The fraction of sp³-hybridized carbons (Fsp3) is 0.200. The fourth-order valence-corrected chi connectivity index (χ4v) is 1.93. The second-order valence-corrected chi connectivity index (χ2v) is 5.25. The number of hydrogen-bond donors (Lipinski definition) is 2. The van der Waals surface area contributed by atoms with Gasteiger partial charge in [-0.3, -0.25) is 5.32 Å². The summed E-state index contributed by atoms with van der Waals surface area (Å²) < 4.78 is 43.0. The smallest absolute Gasteiger partial charge is 0.425 e. The third-order valence-corrected chi connectivity index (χ3v) is 3.26. The molecule has 0 saturated carbocycles. The molecule has 1 aromatic heterocycles. The first-order valence-electron chi connectivity index (χ1n) is 6.66. The van der Waals surface area contributed by atoms with Gasteiger partial charge in [0.1, 0.15) is 0 Å². The van der Waals surface area contributed by atoms with Crippen molar-refractivity contribution in [1.29, 1.82) is 0 Å². The van der Waals surface area contributed by atoms with Crippen molar-refractivity contribution in [3.8, 4) is 17.0 Å². The van der Waals surface area contributed by atoms with E-state index in [-0.39, 0.29) is 17.1 Å². The molecule has 0 unspecified atom stereocenters. The molecule has 0 aliphatic carbocycles. The minimum atomic E-state index is -4.56. The number of alkyl halides is 3. The van der Waals surface area contributed by atoms with Crippen LogP contribution in [0.4, 0.5) is 23.7 Å². The Morgan fingerprint density at radius 2 is 1.96 bits per heavy atom. The highest BCUT2D eigenvalue weighted by Crippen LogP contribution is 2.34. The number of benzene rings is 1. The van der Waals surface area contributed by atoms with Crippen LogP contribution in [0.25, 0.3) is 11.1 Å². The second-order valence-electron chi connectivity index (χ2n) is 4.82. The molecule has 0 aliphatic rings. The van der Waals surface area contributed by atoms with E-state index in [1.807, 2.05) is 0 Å². The number of pyridine rings is 1. The van der Waals surface area contributed by atoms with Gasteiger partial charge in [-0.25, -0.2) is 9.78 Å². The first-order chi connectivity index (χ1) is 11.2. The summed E-state index contributed by atoms with van der Waals surface area (Å²) >= 11 is 5.80. The van der Waals surface area contributed by atoms with E-state index in [4.69, 9.17) is 21.4 Å². The molecule has 2 N–H and O–H groups in total. The molecule has 0 bridgehead atoms. The average molecular weight is 361 g/mol. The largest absolute Gasteiger partial charge is 0.465 e. The summed E-state index contributed by atoms with van der Waals surface area (Å²) in [5.41, 5.74) is 0.777. The highest BCUT2D eigenvalue weighted by atomic mass is 35.5. The lowest BCUT2D eigenvalue weighted by atomic mass is 10.1. The number of amides is 1. The van der Waals surface area contributed by atoms with Gasteiger partial charge in [-0.1, -0.05) is 23.7 Å². The molecule has 2 rings (SSSR count). The summed E-state index contributed by atoms with van der Waals surface area (Å²) in [5, 5.41) is 11.3. The van der Waals surface area contributed by atoms with Gasteiger partial charge in [-0.05, 0) is 30.7 Å². The van der Waals surface area contributed by atoms with Crippen LogP contribution in [0.5, 0.6) is 5.88 Å². The van der Waals surface area contributed by atoms with Gasteiger partial charge in [0.25, 0.3) is 0 Å². The highest BCUT2D eigenvalue weighted by Gasteiger charge is 2.38. The van der Waals surface area contributed by atoms with E-state index < -0.39 is 18.4 Å². The number of carbonyl (C=O) groups is 1. The Balaban J connectivity index is 2.45. The summed E-state index contributed by atoms with van der Waals surface area (Å²) in [6.45, 7) is 0.858. The topological polar surface area (TPSA) is 71.5 Å². The van der Waals surface area contributed by atoms with Crippen LogP contribution in [0.15, 0.2) is 36.5 Å². The van der Waals surface area contributed by atoms with E-state index in [1.165, 1.54) is 6.07 Å². The maximum Gasteiger partial charge on any atom is 0.425 e. The van der Waals surface area contributed by atoms with Crippen LogP contribution in [0.1, 0.15) is 6.92 Å². The molecule has 24 heavy (non-hydrogen) atoms. The van der Waals surface area contributed by atoms with E-state index >= 15 is 0 Å². The molecule has 1 heterocycles. The lowest BCUT2D eigenvalue weighted by Gasteiger charge is -2.19. The molecule has 0 radical (unpaired) electrons. The number of halogens is 4. The zero-order valence-corrected chi connectivity index (χ0v) is 13.0. The molecular formula is C15H12ClF3N2O3. The quantitative estimate of drug-likeness (QED) is 0.819. The lowest BCUT2D eigenvalue weighted by Crippen LogP contribution is -2.31. The summed E-state index contributed by atoms with van der Waals surface area (Å²) in [6.07, 6.45) is -6.88. The van der Waals surface area contributed by atoms with Crippen molar-refractivity contribution < 1.29 is 27.8 Å². The van der Waals surface area contributed by atoms with Crippen LogP contribution in [0.2, 0.25) is 5.02 Å². The number of ether oxygens (including phenoxy) is 1. The number of nitrogens with one attached hydrogen (secondary N) is 1. The summed E-state index contributed by atoms with van der Waals surface area (Å²) in [4.78, 5) is 14.5. The number of nitrogens with zero attached hydrogens (tertiary/aromatic N) is 1. The zero-order chi connectivity index (χ0) is 17.9. The predicted octanol–water partition coefficient (Wildman–Crippen LogP) is 4.82. The van der Waals surface area contributed by atoms with Crippen LogP contribution in [-0.4, -0.2) is 28.5 Å². The molecule has 0 saturated heterocycles. The molecular weight excluding hydrogens is 349 g/mol. The van der Waals surface area contributed by atoms with E-state index in [1.54, 1.807) is 24.3 Å². The van der Waals surface area contributed by atoms with E-state index in [2.05, 4.69) is 10.3 Å². The number of anilines is 1. The van der Waals surface area contributed by atoms with Gasteiger partial charge in [0.15, 0.2) is 6.10 Å². The third-order valence-electron chi connectivity index (χ3n) is 3.01. The van der Waals surface area contributed by atoms with Gasteiger partial charge in [-0.15, -0.1) is 0 Å². The van der Waals surface area contributed by atoms with E-state index in [0.717, 1.165) is 13.1 Å². The molecule has 1 aromatic carbocycles. The number of carboxylic acid groups (broad SMARTS) is 1. The third kappa shape index (κ3) is 4.51. The minimum Gasteiger partial charge on any atom is -0.465 e. The first-order valence-corrected chi connectivity index (χ1v) is 7.04. The Morgan fingerprint density at radius 1 is 1.33 bits per heavy atom. The summed E-state index contributed by atoms with van der Waals surface area (Å²) in [5.74, 6) is -0.266. The molecule has 0 aliphatic heterocycles. The van der Waals surface area contributed by atoms with Gasteiger partial charge in [0, 0.05) is 10.6 Å². The number of aromatic nitrogens is 1. The first kappa shape index (κ1) is 17.9. The van der Waals surface area contributed by atoms with Gasteiger partial charge in [0.05, 0.1) is 11.9 Å². The summed E-state index contributed by atoms with van der Waals surface area (Å²) in [6, 6.07) is 7.56. The molecule has 2 aromatic rings. The molecule has 9 heteroatoms. The van der Waals surface area contributed by atoms with E-state index in [9.17, 15) is 18.0 Å². The van der Waals surface area contributed by atoms with Crippen LogP contribution in [0, 0.1) is 0 Å². The summed E-state index contributed by atoms with van der Waals surface area (Å²) in [7, 11) is 0. The van der Waals surface area contributed by atoms with Crippen molar-refractivity contribution in [2.45, 2.75) is 19.2 Å². The fourth-order valence-electron chi connectivity index (χ4n) is 1.81. The van der Waals surface area contributed by atoms with Crippen molar-refractivity contribution in [2.24, 2.45) is 0 Å². The van der Waals surface area contributed by atoms with Gasteiger partial charge in [0.2, 0.25) is 5.88 Å².